The molecule has 0 saturated carbocycles. The minimum Gasteiger partial charge on any atom is -0.392 e. The Morgan fingerprint density at radius 1 is 1.42 bits per heavy atom. The van der Waals surface area contributed by atoms with Gasteiger partial charge in [0.2, 0.25) is 0 Å². The van der Waals surface area contributed by atoms with Gasteiger partial charge >= 0.3 is 0 Å². The molecule has 0 saturated heterocycles. The molecule has 0 spiro atoms. The summed E-state index contributed by atoms with van der Waals surface area (Å²) in [6.07, 6.45) is 3.10. The highest BCUT2D eigenvalue weighted by atomic mass is 79.9. The molecule has 5 heteroatoms. The lowest BCUT2D eigenvalue weighted by atomic mass is 10.1. The van der Waals surface area contributed by atoms with Crippen LogP contribution in [-0.4, -0.2) is 16.0 Å². The van der Waals surface area contributed by atoms with Gasteiger partial charge in [0.25, 0.3) is 5.91 Å². The number of hydrogen-bond acceptors (Lipinski definition) is 3. The van der Waals surface area contributed by atoms with Crippen LogP contribution in [0.3, 0.4) is 0 Å². The first-order chi connectivity index (χ1) is 9.11. The van der Waals surface area contributed by atoms with E-state index in [1.165, 1.54) is 6.20 Å². The molecule has 0 aliphatic rings. The van der Waals surface area contributed by atoms with E-state index in [-0.39, 0.29) is 12.5 Å². The van der Waals surface area contributed by atoms with Crippen molar-refractivity contribution in [2.45, 2.75) is 13.5 Å². The highest BCUT2D eigenvalue weighted by molar-refractivity contribution is 9.10. The molecule has 0 aliphatic carbocycles. The summed E-state index contributed by atoms with van der Waals surface area (Å²) in [4.78, 5) is 16.2. The van der Waals surface area contributed by atoms with E-state index in [9.17, 15) is 9.90 Å². The Bertz CT molecular complexity index is 614. The molecule has 0 bridgehead atoms. The molecule has 2 N–H and O–H groups in total. The number of pyridine rings is 1. The maximum Gasteiger partial charge on any atom is 0.256 e. The molecule has 2 rings (SSSR count). The zero-order valence-electron chi connectivity index (χ0n) is 10.4. The summed E-state index contributed by atoms with van der Waals surface area (Å²) in [6.45, 7) is 1.73. The Labute approximate surface area is 119 Å². The van der Waals surface area contributed by atoms with Crippen LogP contribution in [0.5, 0.6) is 0 Å². The van der Waals surface area contributed by atoms with Gasteiger partial charge in [-0.1, -0.05) is 22.0 Å². The number of halogens is 1. The lowest BCUT2D eigenvalue weighted by Gasteiger charge is -2.10. The molecule has 1 amide bonds. The third-order valence-corrected chi connectivity index (χ3v) is 3.27. The van der Waals surface area contributed by atoms with E-state index >= 15 is 0 Å². The SMILES string of the molecule is Cc1ccc(Br)cc1C(=O)Nc1cnccc1CO. The minimum atomic E-state index is -0.221. The molecule has 19 heavy (non-hydrogen) atoms. The smallest absolute Gasteiger partial charge is 0.256 e. The molecule has 1 aromatic heterocycles. The number of benzene rings is 1. The first kappa shape index (κ1) is 13.7. The molecule has 98 valence electrons. The number of aromatic nitrogens is 1. The van der Waals surface area contributed by atoms with Gasteiger partial charge in [0.15, 0.2) is 0 Å². The van der Waals surface area contributed by atoms with Crippen molar-refractivity contribution in [3.05, 3.63) is 57.8 Å². The molecule has 1 aromatic carbocycles. The summed E-state index contributed by atoms with van der Waals surface area (Å²) in [5.74, 6) is -0.221. The second kappa shape index (κ2) is 5.95. The molecule has 2 aromatic rings. The van der Waals surface area contributed by atoms with E-state index in [0.717, 1.165) is 10.0 Å². The maximum absolute atomic E-state index is 12.2. The molecule has 1 heterocycles. The topological polar surface area (TPSA) is 62.2 Å². The fraction of sp³-hybridized carbons (Fsp3) is 0.143. The van der Waals surface area contributed by atoms with Crippen molar-refractivity contribution < 1.29 is 9.90 Å². The standard InChI is InChI=1S/C14H13BrN2O2/c1-9-2-3-11(15)6-12(9)14(19)17-13-7-16-5-4-10(13)8-18/h2-7,18H,8H2,1H3,(H,17,19). The number of carbonyl (C=O) groups is 1. The number of hydrogen-bond donors (Lipinski definition) is 2. The van der Waals surface area contributed by atoms with Crippen LogP contribution in [0.15, 0.2) is 41.1 Å². The maximum atomic E-state index is 12.2. The number of aliphatic hydroxyl groups is 1. The lowest BCUT2D eigenvalue weighted by Crippen LogP contribution is -2.15. The summed E-state index contributed by atoms with van der Waals surface area (Å²) in [5.41, 5.74) is 2.63. The molecule has 0 atom stereocenters. The van der Waals surface area contributed by atoms with Crippen LogP contribution < -0.4 is 5.32 Å². The number of rotatable bonds is 3. The fourth-order valence-electron chi connectivity index (χ4n) is 1.70. The van der Waals surface area contributed by atoms with Crippen LogP contribution in [0.25, 0.3) is 0 Å². The second-order valence-electron chi connectivity index (χ2n) is 4.10. The number of anilines is 1. The van der Waals surface area contributed by atoms with Crippen LogP contribution >= 0.6 is 15.9 Å². The van der Waals surface area contributed by atoms with Gasteiger partial charge in [-0.25, -0.2) is 0 Å². The average Bonchev–Trinajstić information content (AvgIpc) is 2.42. The van der Waals surface area contributed by atoms with Crippen molar-refractivity contribution in [2.75, 3.05) is 5.32 Å². The normalized spacial score (nSPS) is 10.3. The quantitative estimate of drug-likeness (QED) is 0.914. The summed E-state index contributed by atoms with van der Waals surface area (Å²) in [6, 6.07) is 7.19. The minimum absolute atomic E-state index is 0.143. The molecule has 0 radical (unpaired) electrons. The summed E-state index contributed by atoms with van der Waals surface area (Å²) >= 11 is 3.35. The number of carbonyl (C=O) groups excluding carboxylic acids is 1. The van der Waals surface area contributed by atoms with E-state index in [1.54, 1.807) is 18.3 Å². The number of amides is 1. The van der Waals surface area contributed by atoms with Gasteiger partial charge in [-0.15, -0.1) is 0 Å². The molecule has 4 nitrogen and oxygen atoms in total. The van der Waals surface area contributed by atoms with Crippen LogP contribution in [0.2, 0.25) is 0 Å². The van der Waals surface area contributed by atoms with Crippen molar-refractivity contribution in [3.63, 3.8) is 0 Å². The fourth-order valence-corrected chi connectivity index (χ4v) is 2.06. The highest BCUT2D eigenvalue weighted by Gasteiger charge is 2.11. The molecule has 0 fully saturated rings. The zero-order chi connectivity index (χ0) is 13.8. The van der Waals surface area contributed by atoms with E-state index < -0.39 is 0 Å². The van der Waals surface area contributed by atoms with Crippen molar-refractivity contribution in [3.8, 4) is 0 Å². The van der Waals surface area contributed by atoms with Crippen LogP contribution in [0, 0.1) is 6.92 Å². The Morgan fingerprint density at radius 3 is 2.95 bits per heavy atom. The van der Waals surface area contributed by atoms with Gasteiger partial charge in [0.1, 0.15) is 0 Å². The predicted molar refractivity (Wildman–Crippen MR) is 77.0 cm³/mol. The number of nitrogens with one attached hydrogen (secondary N) is 1. The van der Waals surface area contributed by atoms with Crippen molar-refractivity contribution in [1.29, 1.82) is 0 Å². The van der Waals surface area contributed by atoms with Crippen LogP contribution in [-0.2, 0) is 6.61 Å². The van der Waals surface area contributed by atoms with Gasteiger partial charge in [0, 0.05) is 21.8 Å². The molecule has 0 aliphatic heterocycles. The Kier molecular flexibility index (Phi) is 4.29. The molecule has 0 unspecified atom stereocenters. The number of aryl methyl sites for hydroxylation is 1. The third kappa shape index (κ3) is 3.19. The zero-order valence-corrected chi connectivity index (χ0v) is 11.9. The lowest BCUT2D eigenvalue weighted by molar-refractivity contribution is 0.102. The van der Waals surface area contributed by atoms with Crippen molar-refractivity contribution in [1.82, 2.24) is 4.98 Å². The molecular formula is C14H13BrN2O2. The Morgan fingerprint density at radius 2 is 2.21 bits per heavy atom. The second-order valence-corrected chi connectivity index (χ2v) is 5.02. The Hall–Kier alpha value is -1.72. The summed E-state index contributed by atoms with van der Waals surface area (Å²) < 4.78 is 0.844. The number of nitrogens with zero attached hydrogens (tertiary/aromatic N) is 1. The highest BCUT2D eigenvalue weighted by Crippen LogP contribution is 2.19. The Balaban J connectivity index is 2.28. The average molecular weight is 321 g/mol. The van der Waals surface area contributed by atoms with Gasteiger partial charge in [-0.05, 0) is 30.7 Å². The van der Waals surface area contributed by atoms with Crippen molar-refractivity contribution in [2.24, 2.45) is 0 Å². The summed E-state index contributed by atoms with van der Waals surface area (Å²) in [5, 5.41) is 12.0. The van der Waals surface area contributed by atoms with E-state index in [2.05, 4.69) is 26.2 Å². The van der Waals surface area contributed by atoms with Gasteiger partial charge in [0.05, 0.1) is 18.5 Å². The number of aliphatic hydroxyl groups excluding tert-OH is 1. The molecular weight excluding hydrogens is 308 g/mol. The monoisotopic (exact) mass is 320 g/mol. The van der Waals surface area contributed by atoms with E-state index in [0.29, 0.717) is 16.8 Å². The first-order valence-electron chi connectivity index (χ1n) is 5.73. The van der Waals surface area contributed by atoms with E-state index in [1.807, 2.05) is 19.1 Å². The van der Waals surface area contributed by atoms with Gasteiger partial charge < -0.3 is 10.4 Å². The van der Waals surface area contributed by atoms with Gasteiger partial charge in [-0.2, -0.15) is 0 Å². The van der Waals surface area contributed by atoms with Crippen molar-refractivity contribution >= 4 is 27.5 Å². The first-order valence-corrected chi connectivity index (χ1v) is 6.52. The third-order valence-electron chi connectivity index (χ3n) is 2.77. The van der Waals surface area contributed by atoms with Crippen LogP contribution in [0.1, 0.15) is 21.5 Å². The largest absolute Gasteiger partial charge is 0.392 e. The summed E-state index contributed by atoms with van der Waals surface area (Å²) in [7, 11) is 0. The predicted octanol–water partition coefficient (Wildman–Crippen LogP) is 2.90. The van der Waals surface area contributed by atoms with Gasteiger partial charge in [-0.3, -0.25) is 9.78 Å². The van der Waals surface area contributed by atoms with Crippen LogP contribution in [0.4, 0.5) is 5.69 Å². The van der Waals surface area contributed by atoms with E-state index in [4.69, 9.17) is 0 Å².